The van der Waals surface area contributed by atoms with Gasteiger partial charge in [-0.3, -0.25) is 4.33 Å². The highest BCUT2D eigenvalue weighted by Gasteiger charge is 1.95. The molecule has 6 heavy (non-hydrogen) atoms. The molecule has 1 atom stereocenters. The molecule has 0 amide bonds. The summed E-state index contributed by atoms with van der Waals surface area (Å²) >= 11 is 0. The summed E-state index contributed by atoms with van der Waals surface area (Å²) in [7, 11) is -3.47. The predicted octanol–water partition coefficient (Wildman–Crippen LogP) is -1.60. The number of hydrogen-bond acceptors (Lipinski definition) is 3. The Labute approximate surface area is 35.4 Å². The van der Waals surface area contributed by atoms with Gasteiger partial charge in [-0.1, -0.05) is 0 Å². The van der Waals surface area contributed by atoms with Crippen molar-refractivity contribution in [3.63, 3.8) is 0 Å². The Morgan fingerprint density at radius 1 is 2.00 bits per heavy atom. The average molecular weight is 112 g/mol. The Balaban J connectivity index is 3.85. The fourth-order valence-corrected chi connectivity index (χ4v) is 0. The molecular formula is CH4O4S. The Morgan fingerprint density at radius 3 is 2.17 bits per heavy atom. The van der Waals surface area contributed by atoms with E-state index in [4.69, 9.17) is 9.47 Å². The maximum Gasteiger partial charge on any atom is 0.393 e. The normalized spacial score (nSPS) is 19.7. The van der Waals surface area contributed by atoms with E-state index < -0.39 is 10.1 Å². The standard InChI is InChI=1S/CH4O4S/c1-6(3,4)5-2/h2H,1H3. The average Bonchev–Trinajstić information content (AvgIpc) is 1.35. The van der Waals surface area contributed by atoms with E-state index in [0.29, 0.717) is 0 Å². The van der Waals surface area contributed by atoms with Crippen LogP contribution in [0.4, 0.5) is 0 Å². The maximum atomic E-state index is 9.58. The highest BCUT2D eigenvalue weighted by atomic mass is 32.2. The lowest BCUT2D eigenvalue weighted by atomic mass is 12.0. The first kappa shape index (κ1) is 5.87. The van der Waals surface area contributed by atoms with Crippen LogP contribution in [-0.4, -0.2) is 14.7 Å². The topological polar surface area (TPSA) is 70.8 Å². The van der Waals surface area contributed by atoms with Crippen LogP contribution in [0.3, 0.4) is 0 Å². The molecule has 0 fully saturated rings. The molecule has 0 aliphatic heterocycles. The van der Waals surface area contributed by atoms with Crippen LogP contribution in [0.1, 0.15) is 0 Å². The van der Waals surface area contributed by atoms with Gasteiger partial charge in [0.2, 0.25) is 0 Å². The van der Waals surface area contributed by atoms with Crippen molar-refractivity contribution >= 4 is 10.1 Å². The monoisotopic (exact) mass is 112 g/mol. The van der Waals surface area contributed by atoms with Crippen LogP contribution in [0, 0.1) is 0 Å². The molecule has 1 unspecified atom stereocenters. The molecule has 0 aromatic carbocycles. The zero-order chi connectivity index (χ0) is 5.21. The van der Waals surface area contributed by atoms with Crippen molar-refractivity contribution < 1.29 is 18.0 Å². The molecule has 0 aliphatic carbocycles. The molecule has 38 valence electrons. The molecule has 0 rings (SSSR count). The minimum atomic E-state index is -3.47. The first-order chi connectivity index (χ1) is 2.56. The lowest BCUT2D eigenvalue weighted by Crippen LogP contribution is -2.11. The van der Waals surface area contributed by atoms with Crippen molar-refractivity contribution in [1.82, 2.24) is 0 Å². The van der Waals surface area contributed by atoms with Crippen LogP contribution >= 0.6 is 0 Å². The van der Waals surface area contributed by atoms with Crippen molar-refractivity contribution in [2.75, 3.05) is 6.26 Å². The molecule has 0 radical (unpaired) electrons. The molecule has 0 aliphatic rings. The fraction of sp³-hybridized carbons (Fsp3) is 1.00. The minimum Gasteiger partial charge on any atom is -0.703 e. The molecule has 5 heteroatoms. The smallest absolute Gasteiger partial charge is 0.393 e. The van der Waals surface area contributed by atoms with Crippen LogP contribution in [0.5, 0.6) is 0 Å². The Kier molecular flexibility index (Phi) is 1.51. The molecule has 0 bridgehead atoms. The van der Waals surface area contributed by atoms with Crippen molar-refractivity contribution in [3.8, 4) is 0 Å². The molecule has 1 N–H and O–H groups in total. The lowest BCUT2D eigenvalue weighted by Gasteiger charge is -1.92. The fourth-order valence-electron chi connectivity index (χ4n) is 0. The van der Waals surface area contributed by atoms with Gasteiger partial charge in [-0.2, -0.15) is 4.21 Å². The minimum absolute atomic E-state index is 0.792. The molecule has 0 heterocycles. The van der Waals surface area contributed by atoms with E-state index in [1.807, 2.05) is 0 Å². The molecule has 4 nitrogen and oxygen atoms in total. The first-order valence-corrected chi connectivity index (χ1v) is 2.94. The van der Waals surface area contributed by atoms with Gasteiger partial charge in [-0.05, 0) is 0 Å². The summed E-state index contributed by atoms with van der Waals surface area (Å²) in [6, 6.07) is 0. The zero-order valence-corrected chi connectivity index (χ0v) is 3.90. The Hall–Kier alpha value is -0.130. The van der Waals surface area contributed by atoms with E-state index in [2.05, 4.69) is 4.33 Å². The number of rotatable bonds is 1. The summed E-state index contributed by atoms with van der Waals surface area (Å²) in [5, 5.41) is 8.93. The van der Waals surface area contributed by atoms with Gasteiger partial charge in [0.25, 0.3) is 0 Å². The molecule has 0 saturated heterocycles. The summed E-state index contributed by atoms with van der Waals surface area (Å²) in [6.45, 7) is 0. The summed E-state index contributed by atoms with van der Waals surface area (Å²) in [6.07, 6.45) is 0.792. The second-order valence-corrected chi connectivity index (χ2v) is 2.40. The summed E-state index contributed by atoms with van der Waals surface area (Å²) in [4.78, 5) is 0. The number of hydrogen-bond donors (Lipinski definition) is 0. The van der Waals surface area contributed by atoms with Gasteiger partial charge < -0.3 is 5.26 Å². The van der Waals surface area contributed by atoms with Gasteiger partial charge in [0.05, 0.1) is 0 Å². The van der Waals surface area contributed by atoms with E-state index in [1.165, 1.54) is 0 Å². The van der Waals surface area contributed by atoms with E-state index in [0.717, 1.165) is 6.26 Å². The van der Waals surface area contributed by atoms with Crippen LogP contribution in [0.2, 0.25) is 0 Å². The van der Waals surface area contributed by atoms with Crippen molar-refractivity contribution in [3.05, 3.63) is 0 Å². The van der Waals surface area contributed by atoms with Gasteiger partial charge in [0.1, 0.15) is 6.26 Å². The first-order valence-electron chi connectivity index (χ1n) is 1.09. The van der Waals surface area contributed by atoms with Gasteiger partial charge in [-0.15, -0.1) is 0 Å². The third kappa shape index (κ3) is 3.87. The third-order valence-electron chi connectivity index (χ3n) is 0.126. The van der Waals surface area contributed by atoms with Crippen LogP contribution in [0.15, 0.2) is 0 Å². The van der Waals surface area contributed by atoms with Gasteiger partial charge in [0, 0.05) is 0 Å². The van der Waals surface area contributed by atoms with Crippen LogP contribution < -0.4 is 5.26 Å². The van der Waals surface area contributed by atoms with Crippen molar-refractivity contribution in [1.29, 1.82) is 0 Å². The Morgan fingerprint density at radius 2 is 2.17 bits per heavy atom. The van der Waals surface area contributed by atoms with Crippen molar-refractivity contribution in [2.45, 2.75) is 0 Å². The zero-order valence-electron chi connectivity index (χ0n) is 3.08. The molecular weight excluding hydrogens is 108 g/mol. The van der Waals surface area contributed by atoms with Crippen molar-refractivity contribution in [2.24, 2.45) is 0 Å². The molecule has 0 saturated carbocycles. The van der Waals surface area contributed by atoms with E-state index in [9.17, 15) is 4.21 Å². The van der Waals surface area contributed by atoms with Gasteiger partial charge in [0.15, 0.2) is 0 Å². The second-order valence-electron chi connectivity index (χ2n) is 0.801. The SMILES string of the molecule is CS(=O)(=[OH+])O[O-]. The lowest BCUT2D eigenvalue weighted by molar-refractivity contribution is -0.634. The van der Waals surface area contributed by atoms with Crippen LogP contribution in [-0.2, 0) is 14.5 Å². The molecule has 0 aromatic rings. The largest absolute Gasteiger partial charge is 0.703 e. The summed E-state index contributed by atoms with van der Waals surface area (Å²) in [5.74, 6) is 0. The highest BCUT2D eigenvalue weighted by Crippen LogP contribution is 1.71. The molecule has 0 aromatic heterocycles. The predicted molar refractivity (Wildman–Crippen MR) is 17.1 cm³/mol. The maximum absolute atomic E-state index is 9.58. The van der Waals surface area contributed by atoms with E-state index in [-0.39, 0.29) is 0 Å². The van der Waals surface area contributed by atoms with E-state index >= 15 is 0 Å². The van der Waals surface area contributed by atoms with Gasteiger partial charge >= 0.3 is 10.1 Å². The third-order valence-corrected chi connectivity index (χ3v) is 0.379. The summed E-state index contributed by atoms with van der Waals surface area (Å²) in [5.41, 5.74) is 0. The Bertz CT molecular complexity index is 110. The summed E-state index contributed by atoms with van der Waals surface area (Å²) < 4.78 is 20.2. The molecule has 0 spiro atoms. The van der Waals surface area contributed by atoms with Gasteiger partial charge in [-0.25, -0.2) is 4.21 Å². The van der Waals surface area contributed by atoms with E-state index in [1.54, 1.807) is 0 Å². The second kappa shape index (κ2) is 1.55. The quantitative estimate of drug-likeness (QED) is 0.233. The van der Waals surface area contributed by atoms with Crippen LogP contribution in [0.25, 0.3) is 0 Å². The highest BCUT2D eigenvalue weighted by molar-refractivity contribution is 7.85.